The summed E-state index contributed by atoms with van der Waals surface area (Å²) in [6.45, 7) is 0.602. The van der Waals surface area contributed by atoms with E-state index >= 15 is 0 Å². The van der Waals surface area contributed by atoms with Crippen LogP contribution in [0, 0.1) is 0 Å². The van der Waals surface area contributed by atoms with Crippen molar-refractivity contribution in [3.05, 3.63) is 35.9 Å². The Hall–Kier alpha value is -1.16. The molecular weight excluding hydrogens is 196 g/mol. The molecule has 0 spiro atoms. The van der Waals surface area contributed by atoms with Gasteiger partial charge in [-0.2, -0.15) is 0 Å². The fourth-order valence-electron chi connectivity index (χ4n) is 1.17. The van der Waals surface area contributed by atoms with Gasteiger partial charge in [-0.3, -0.25) is 4.31 Å². The van der Waals surface area contributed by atoms with Gasteiger partial charge in [0.05, 0.1) is 0 Å². The predicted octanol–water partition coefficient (Wildman–Crippen LogP) is 2.02. The number of thiol groups is 1. The van der Waals surface area contributed by atoms with Crippen molar-refractivity contribution in [2.45, 2.75) is 6.54 Å². The van der Waals surface area contributed by atoms with Gasteiger partial charge in [0.25, 0.3) is 0 Å². The van der Waals surface area contributed by atoms with Gasteiger partial charge in [0.2, 0.25) is 0 Å². The molecule has 3 nitrogen and oxygen atoms in total. The van der Waals surface area contributed by atoms with E-state index in [2.05, 4.69) is 12.8 Å². The lowest BCUT2D eigenvalue weighted by Gasteiger charge is -2.20. The monoisotopic (exact) mass is 210 g/mol. The van der Waals surface area contributed by atoms with Crippen LogP contribution >= 0.6 is 12.8 Å². The second-order valence-electron chi connectivity index (χ2n) is 3.15. The third-order valence-electron chi connectivity index (χ3n) is 1.87. The maximum atomic E-state index is 11.4. The number of amides is 2. The summed E-state index contributed by atoms with van der Waals surface area (Å²) in [6.07, 6.45) is 0. The van der Waals surface area contributed by atoms with E-state index in [4.69, 9.17) is 0 Å². The molecule has 0 aliphatic heterocycles. The van der Waals surface area contributed by atoms with Crippen LogP contribution < -0.4 is 0 Å². The molecule has 0 fully saturated rings. The maximum absolute atomic E-state index is 11.4. The number of hydrogen-bond acceptors (Lipinski definition) is 2. The van der Waals surface area contributed by atoms with Crippen molar-refractivity contribution >= 4 is 18.8 Å². The fourth-order valence-corrected chi connectivity index (χ4v) is 1.32. The Labute approximate surface area is 89.9 Å². The molecule has 1 aromatic rings. The first-order chi connectivity index (χ1) is 6.61. The lowest BCUT2D eigenvalue weighted by atomic mass is 10.2. The quantitative estimate of drug-likeness (QED) is 0.742. The molecular formula is C10H14N2OS. The minimum atomic E-state index is -0.114. The highest BCUT2D eigenvalue weighted by atomic mass is 32.1. The van der Waals surface area contributed by atoms with Gasteiger partial charge in [-0.25, -0.2) is 4.79 Å². The zero-order valence-electron chi connectivity index (χ0n) is 8.34. The molecule has 0 aliphatic rings. The SMILES string of the molecule is CN(S)C(=O)N(C)Cc1ccccc1. The standard InChI is InChI=1S/C10H14N2OS/c1-11(10(13)12(2)14)8-9-6-4-3-5-7-9/h3-7,14H,8H2,1-2H3. The molecule has 0 aromatic heterocycles. The van der Waals surface area contributed by atoms with Crippen molar-refractivity contribution < 1.29 is 4.79 Å². The second-order valence-corrected chi connectivity index (χ2v) is 3.75. The molecule has 4 heteroatoms. The molecule has 0 bridgehead atoms. The third-order valence-corrected chi connectivity index (χ3v) is 2.04. The molecule has 0 saturated heterocycles. The van der Waals surface area contributed by atoms with E-state index in [-0.39, 0.29) is 6.03 Å². The van der Waals surface area contributed by atoms with Crippen molar-refractivity contribution in [1.29, 1.82) is 0 Å². The summed E-state index contributed by atoms with van der Waals surface area (Å²) in [5.41, 5.74) is 1.11. The number of carbonyl (C=O) groups is 1. The van der Waals surface area contributed by atoms with Crippen molar-refractivity contribution in [2.75, 3.05) is 14.1 Å². The van der Waals surface area contributed by atoms with Crippen LogP contribution in [-0.2, 0) is 6.54 Å². The zero-order chi connectivity index (χ0) is 10.6. The van der Waals surface area contributed by atoms with E-state index in [1.54, 1.807) is 19.0 Å². The number of hydrogen-bond donors (Lipinski definition) is 1. The van der Waals surface area contributed by atoms with E-state index in [0.717, 1.165) is 5.56 Å². The molecule has 1 aromatic carbocycles. The number of benzene rings is 1. The molecule has 0 saturated carbocycles. The molecule has 0 atom stereocenters. The summed E-state index contributed by atoms with van der Waals surface area (Å²) in [7, 11) is 3.37. The molecule has 0 radical (unpaired) electrons. The first kappa shape index (κ1) is 10.9. The smallest absolute Gasteiger partial charge is 0.323 e. The lowest BCUT2D eigenvalue weighted by Crippen LogP contribution is -2.33. The molecule has 0 aliphatic carbocycles. The Bertz CT molecular complexity index is 300. The molecule has 2 amide bonds. The van der Waals surface area contributed by atoms with E-state index < -0.39 is 0 Å². The van der Waals surface area contributed by atoms with Crippen LogP contribution in [0.2, 0.25) is 0 Å². The molecule has 76 valence electrons. The van der Waals surface area contributed by atoms with E-state index in [1.165, 1.54) is 4.31 Å². The van der Waals surface area contributed by atoms with Crippen molar-refractivity contribution in [1.82, 2.24) is 9.21 Å². The van der Waals surface area contributed by atoms with E-state index in [9.17, 15) is 4.79 Å². The second kappa shape index (κ2) is 4.91. The maximum Gasteiger partial charge on any atom is 0.329 e. The van der Waals surface area contributed by atoms with Gasteiger partial charge in [0.1, 0.15) is 0 Å². The molecule has 14 heavy (non-hydrogen) atoms. The van der Waals surface area contributed by atoms with Gasteiger partial charge in [-0.15, -0.1) is 0 Å². The summed E-state index contributed by atoms with van der Waals surface area (Å²) in [6, 6.07) is 9.73. The van der Waals surface area contributed by atoms with Crippen LogP contribution in [0.15, 0.2) is 30.3 Å². The van der Waals surface area contributed by atoms with Gasteiger partial charge >= 0.3 is 6.03 Å². The van der Waals surface area contributed by atoms with E-state index in [1.807, 2.05) is 30.3 Å². The first-order valence-electron chi connectivity index (χ1n) is 4.33. The third kappa shape index (κ3) is 2.96. The normalized spacial score (nSPS) is 9.64. The highest BCUT2D eigenvalue weighted by Crippen LogP contribution is 2.05. The van der Waals surface area contributed by atoms with Gasteiger partial charge in [-0.05, 0) is 5.56 Å². The van der Waals surface area contributed by atoms with Crippen LogP contribution in [-0.4, -0.2) is 29.3 Å². The van der Waals surface area contributed by atoms with Gasteiger partial charge in [0, 0.05) is 20.6 Å². The summed E-state index contributed by atoms with van der Waals surface area (Å²) in [5, 5.41) is 0. The zero-order valence-corrected chi connectivity index (χ0v) is 9.24. The van der Waals surface area contributed by atoms with Gasteiger partial charge < -0.3 is 4.90 Å². The highest BCUT2D eigenvalue weighted by Gasteiger charge is 2.10. The topological polar surface area (TPSA) is 23.6 Å². The Morgan fingerprint density at radius 3 is 2.36 bits per heavy atom. The minimum absolute atomic E-state index is 0.114. The van der Waals surface area contributed by atoms with Crippen LogP contribution in [0.4, 0.5) is 4.79 Å². The fraction of sp³-hybridized carbons (Fsp3) is 0.300. The summed E-state index contributed by atoms with van der Waals surface area (Å²) in [5.74, 6) is 0. The number of rotatable bonds is 2. The largest absolute Gasteiger partial charge is 0.329 e. The van der Waals surface area contributed by atoms with Crippen molar-refractivity contribution in [3.8, 4) is 0 Å². The number of nitrogens with zero attached hydrogens (tertiary/aromatic N) is 2. The highest BCUT2D eigenvalue weighted by molar-refractivity contribution is 7.78. The molecule has 0 N–H and O–H groups in total. The van der Waals surface area contributed by atoms with Crippen molar-refractivity contribution in [2.24, 2.45) is 0 Å². The van der Waals surface area contributed by atoms with Gasteiger partial charge in [0.15, 0.2) is 0 Å². The molecule has 0 unspecified atom stereocenters. The Balaban J connectivity index is 2.57. The average molecular weight is 210 g/mol. The van der Waals surface area contributed by atoms with E-state index in [0.29, 0.717) is 6.54 Å². The summed E-state index contributed by atoms with van der Waals surface area (Å²) in [4.78, 5) is 13.0. The Morgan fingerprint density at radius 2 is 1.86 bits per heavy atom. The van der Waals surface area contributed by atoms with Crippen LogP contribution in [0.25, 0.3) is 0 Å². The predicted molar refractivity (Wildman–Crippen MR) is 60.1 cm³/mol. The Kier molecular flexibility index (Phi) is 3.83. The minimum Gasteiger partial charge on any atom is -0.323 e. The van der Waals surface area contributed by atoms with Crippen LogP contribution in [0.5, 0.6) is 0 Å². The lowest BCUT2D eigenvalue weighted by molar-refractivity contribution is 0.195. The average Bonchev–Trinajstić information content (AvgIpc) is 2.18. The summed E-state index contributed by atoms with van der Waals surface area (Å²) >= 11 is 3.94. The first-order valence-corrected chi connectivity index (χ1v) is 4.73. The molecule has 0 heterocycles. The van der Waals surface area contributed by atoms with Crippen molar-refractivity contribution in [3.63, 3.8) is 0 Å². The van der Waals surface area contributed by atoms with Crippen LogP contribution in [0.3, 0.4) is 0 Å². The van der Waals surface area contributed by atoms with Gasteiger partial charge in [-0.1, -0.05) is 43.1 Å². The molecule has 1 rings (SSSR count). The summed E-state index contributed by atoms with van der Waals surface area (Å²) < 4.78 is 1.27. The number of carbonyl (C=O) groups excluding carboxylic acids is 1. The number of urea groups is 1. The van der Waals surface area contributed by atoms with Crippen LogP contribution in [0.1, 0.15) is 5.56 Å². The Morgan fingerprint density at radius 1 is 1.29 bits per heavy atom.